The van der Waals surface area contributed by atoms with Crippen molar-refractivity contribution in [1.29, 1.82) is 0 Å². The first-order valence-corrected chi connectivity index (χ1v) is 10.8. The number of imidazole rings is 1. The second kappa shape index (κ2) is 11.5. The number of carbonyl (C=O) groups excluding carboxylic acids is 1. The molecule has 2 heterocycles. The van der Waals surface area contributed by atoms with E-state index in [9.17, 15) is 14.7 Å². The predicted molar refractivity (Wildman–Crippen MR) is 123 cm³/mol. The van der Waals surface area contributed by atoms with Crippen LogP contribution in [0.3, 0.4) is 0 Å². The molecule has 3 rings (SSSR count). The summed E-state index contributed by atoms with van der Waals surface area (Å²) in [4.78, 5) is 32.7. The van der Waals surface area contributed by atoms with Crippen LogP contribution in [0.1, 0.15) is 28.9 Å². The predicted octanol–water partition coefficient (Wildman–Crippen LogP) is 3.90. The number of anilines is 1. The number of nitrogens with one attached hydrogen (secondary N) is 2. The van der Waals surface area contributed by atoms with Crippen molar-refractivity contribution >= 4 is 40.9 Å². The third kappa shape index (κ3) is 6.70. The van der Waals surface area contributed by atoms with Crippen LogP contribution in [-0.2, 0) is 17.8 Å². The second-order valence-electron chi connectivity index (χ2n) is 7.12. The number of amides is 1. The van der Waals surface area contributed by atoms with E-state index in [1.807, 2.05) is 18.2 Å². The molecule has 0 aliphatic carbocycles. The second-order valence-corrected chi connectivity index (χ2v) is 7.94. The Labute approximate surface area is 195 Å². The maximum absolute atomic E-state index is 12.5. The molecule has 0 bridgehead atoms. The van der Waals surface area contributed by atoms with E-state index < -0.39 is 17.9 Å². The van der Waals surface area contributed by atoms with Crippen molar-refractivity contribution in [3.8, 4) is 0 Å². The molecule has 10 heteroatoms. The zero-order chi connectivity index (χ0) is 22.9. The number of aryl methyl sites for hydroxylation is 1. The standard InChI is InChI=1S/C22H23Cl2N5O3/c23-16-7-5-8-17(24)20(16)21(30)28-18(22(31)32)13-29-12-15(27-14-29)6-1-3-10-25-19-9-2-4-11-26-19/h2,4-5,7-9,11-12,14,18H,1,3,6,10,13H2,(H,25,26)(H,28,30)(H,31,32). The number of aliphatic carboxylic acids is 1. The maximum atomic E-state index is 12.5. The lowest BCUT2D eigenvalue weighted by Crippen LogP contribution is -2.43. The van der Waals surface area contributed by atoms with E-state index in [1.165, 1.54) is 12.1 Å². The van der Waals surface area contributed by atoms with Crippen molar-refractivity contribution in [2.75, 3.05) is 11.9 Å². The molecular formula is C22H23Cl2N5O3. The van der Waals surface area contributed by atoms with Crippen LogP contribution in [0.5, 0.6) is 0 Å². The average Bonchev–Trinajstić information content (AvgIpc) is 3.21. The first kappa shape index (κ1) is 23.6. The molecule has 32 heavy (non-hydrogen) atoms. The average molecular weight is 476 g/mol. The summed E-state index contributed by atoms with van der Waals surface area (Å²) in [5.74, 6) is -0.970. The number of rotatable bonds is 11. The third-order valence-corrected chi connectivity index (χ3v) is 5.33. The van der Waals surface area contributed by atoms with E-state index in [4.69, 9.17) is 23.2 Å². The SMILES string of the molecule is O=C(NC(Cn1cnc(CCCCNc2ccccn2)c1)C(=O)O)c1c(Cl)cccc1Cl. The van der Waals surface area contributed by atoms with Crippen molar-refractivity contribution < 1.29 is 14.7 Å². The lowest BCUT2D eigenvalue weighted by atomic mass is 10.2. The highest BCUT2D eigenvalue weighted by Crippen LogP contribution is 2.24. The minimum Gasteiger partial charge on any atom is -0.480 e. The van der Waals surface area contributed by atoms with Gasteiger partial charge in [-0.05, 0) is 43.5 Å². The van der Waals surface area contributed by atoms with Gasteiger partial charge >= 0.3 is 5.97 Å². The van der Waals surface area contributed by atoms with Crippen LogP contribution < -0.4 is 10.6 Å². The van der Waals surface area contributed by atoms with E-state index in [0.717, 1.165) is 37.3 Å². The van der Waals surface area contributed by atoms with Crippen LogP contribution in [0.15, 0.2) is 55.1 Å². The largest absolute Gasteiger partial charge is 0.480 e. The third-order valence-electron chi connectivity index (χ3n) is 4.70. The number of pyridine rings is 1. The van der Waals surface area contributed by atoms with Gasteiger partial charge in [0.2, 0.25) is 0 Å². The Bertz CT molecular complexity index is 1040. The van der Waals surface area contributed by atoms with E-state index in [-0.39, 0.29) is 22.2 Å². The number of carbonyl (C=O) groups is 2. The van der Waals surface area contributed by atoms with Crippen molar-refractivity contribution in [3.63, 3.8) is 0 Å². The van der Waals surface area contributed by atoms with Gasteiger partial charge in [0.05, 0.1) is 34.2 Å². The molecule has 0 aliphatic heterocycles. The molecule has 0 spiro atoms. The van der Waals surface area contributed by atoms with Gasteiger partial charge in [0.1, 0.15) is 11.9 Å². The molecule has 1 amide bonds. The van der Waals surface area contributed by atoms with Gasteiger partial charge in [0.15, 0.2) is 0 Å². The Morgan fingerprint density at radius 2 is 1.84 bits per heavy atom. The van der Waals surface area contributed by atoms with Crippen molar-refractivity contribution in [2.45, 2.75) is 31.8 Å². The summed E-state index contributed by atoms with van der Waals surface area (Å²) in [5, 5.41) is 15.6. The van der Waals surface area contributed by atoms with Crippen LogP contribution in [-0.4, -0.2) is 44.1 Å². The summed E-state index contributed by atoms with van der Waals surface area (Å²) in [6.45, 7) is 0.826. The molecule has 0 fully saturated rings. The van der Waals surface area contributed by atoms with Gasteiger partial charge in [0, 0.05) is 18.9 Å². The fourth-order valence-corrected chi connectivity index (χ4v) is 3.66. The van der Waals surface area contributed by atoms with Crippen molar-refractivity contribution in [2.24, 2.45) is 0 Å². The zero-order valence-corrected chi connectivity index (χ0v) is 18.7. The van der Waals surface area contributed by atoms with Gasteiger partial charge in [-0.25, -0.2) is 14.8 Å². The molecule has 2 aromatic heterocycles. The van der Waals surface area contributed by atoms with E-state index in [0.29, 0.717) is 0 Å². The Balaban J connectivity index is 1.49. The van der Waals surface area contributed by atoms with E-state index in [1.54, 1.807) is 29.4 Å². The van der Waals surface area contributed by atoms with Crippen LogP contribution in [0, 0.1) is 0 Å². The molecule has 0 aliphatic rings. The minimum atomic E-state index is -1.17. The number of aromatic nitrogens is 3. The van der Waals surface area contributed by atoms with Crippen molar-refractivity contribution in [1.82, 2.24) is 19.9 Å². The summed E-state index contributed by atoms with van der Waals surface area (Å²) >= 11 is 12.1. The van der Waals surface area contributed by atoms with Crippen LogP contribution in [0.25, 0.3) is 0 Å². The molecule has 3 N–H and O–H groups in total. The highest BCUT2D eigenvalue weighted by atomic mass is 35.5. The molecule has 1 atom stereocenters. The number of hydrogen-bond donors (Lipinski definition) is 3. The molecule has 168 valence electrons. The smallest absolute Gasteiger partial charge is 0.328 e. The van der Waals surface area contributed by atoms with E-state index >= 15 is 0 Å². The lowest BCUT2D eigenvalue weighted by Gasteiger charge is -2.16. The number of benzene rings is 1. The Morgan fingerprint density at radius 1 is 1.06 bits per heavy atom. The van der Waals surface area contributed by atoms with Gasteiger partial charge in [-0.2, -0.15) is 0 Å². The number of carboxylic acids is 1. The molecule has 1 aromatic carbocycles. The monoisotopic (exact) mass is 475 g/mol. The fourth-order valence-electron chi connectivity index (χ4n) is 3.09. The molecule has 3 aromatic rings. The normalized spacial score (nSPS) is 11.7. The van der Waals surface area contributed by atoms with Crippen LogP contribution >= 0.6 is 23.2 Å². The maximum Gasteiger partial charge on any atom is 0.328 e. The Morgan fingerprint density at radius 3 is 2.53 bits per heavy atom. The molecule has 1 unspecified atom stereocenters. The van der Waals surface area contributed by atoms with Crippen LogP contribution in [0.4, 0.5) is 5.82 Å². The summed E-state index contributed by atoms with van der Waals surface area (Å²) in [6.07, 6.45) is 7.71. The Hall–Kier alpha value is -3.10. The zero-order valence-electron chi connectivity index (χ0n) is 17.2. The lowest BCUT2D eigenvalue weighted by molar-refractivity contribution is -0.139. The van der Waals surface area contributed by atoms with Gasteiger partial charge in [0.25, 0.3) is 5.91 Å². The highest BCUT2D eigenvalue weighted by molar-refractivity contribution is 6.39. The fraction of sp³-hybridized carbons (Fsp3) is 0.273. The quantitative estimate of drug-likeness (QED) is 0.362. The molecule has 0 radical (unpaired) electrons. The van der Waals surface area contributed by atoms with Crippen molar-refractivity contribution in [3.05, 3.63) is 76.4 Å². The summed E-state index contributed by atoms with van der Waals surface area (Å²) < 4.78 is 1.65. The highest BCUT2D eigenvalue weighted by Gasteiger charge is 2.24. The number of hydrogen-bond acceptors (Lipinski definition) is 5. The summed E-state index contributed by atoms with van der Waals surface area (Å²) in [6, 6.07) is 9.19. The summed E-state index contributed by atoms with van der Waals surface area (Å²) in [7, 11) is 0. The number of nitrogens with zero attached hydrogens (tertiary/aromatic N) is 3. The minimum absolute atomic E-state index is 0.0252. The van der Waals surface area contributed by atoms with Crippen LogP contribution in [0.2, 0.25) is 10.0 Å². The number of carboxylic acid groups (broad SMARTS) is 1. The van der Waals surface area contributed by atoms with Gasteiger partial charge in [-0.15, -0.1) is 0 Å². The topological polar surface area (TPSA) is 109 Å². The summed E-state index contributed by atoms with van der Waals surface area (Å²) in [5.41, 5.74) is 0.903. The molecule has 8 nitrogen and oxygen atoms in total. The Kier molecular flexibility index (Phi) is 8.47. The van der Waals surface area contributed by atoms with Gasteiger partial charge in [-0.1, -0.05) is 35.3 Å². The van der Waals surface area contributed by atoms with Gasteiger partial charge in [-0.3, -0.25) is 4.79 Å². The first-order valence-electron chi connectivity index (χ1n) is 10.1. The molecular weight excluding hydrogens is 453 g/mol. The van der Waals surface area contributed by atoms with E-state index in [2.05, 4.69) is 20.6 Å². The molecule has 0 saturated heterocycles. The number of halogens is 2. The number of unbranched alkanes of at least 4 members (excludes halogenated alkanes) is 1. The first-order chi connectivity index (χ1) is 15.4. The van der Waals surface area contributed by atoms with Gasteiger partial charge < -0.3 is 20.3 Å². The molecule has 0 saturated carbocycles.